The summed E-state index contributed by atoms with van der Waals surface area (Å²) in [6.45, 7) is 0. The van der Waals surface area contributed by atoms with Crippen LogP contribution in [0.4, 0.5) is 11.4 Å². The van der Waals surface area contributed by atoms with Crippen LogP contribution < -0.4 is 5.43 Å². The summed E-state index contributed by atoms with van der Waals surface area (Å²) in [7, 11) is 0. The monoisotopic (exact) mass is 263 g/mol. The third-order valence-corrected chi connectivity index (χ3v) is 2.63. The molecule has 0 atom stereocenters. The largest absolute Gasteiger partial charge is 0.277 e. The predicted octanol–water partition coefficient (Wildman–Crippen LogP) is 2.90. The maximum atomic E-state index is 4.33. The number of benzene rings is 2. The molecule has 0 bridgehead atoms. The first-order valence-electron chi connectivity index (χ1n) is 6.24. The number of nitrogens with zero attached hydrogens (tertiary/aromatic N) is 4. The van der Waals surface area contributed by atoms with Crippen LogP contribution in [0.3, 0.4) is 0 Å². The summed E-state index contributed by atoms with van der Waals surface area (Å²) in [6.07, 6.45) is 3.46. The van der Waals surface area contributed by atoms with Crippen molar-refractivity contribution in [3.63, 3.8) is 0 Å². The number of nitrogens with one attached hydrogen (secondary N) is 1. The van der Waals surface area contributed by atoms with Gasteiger partial charge < -0.3 is 0 Å². The van der Waals surface area contributed by atoms with E-state index >= 15 is 0 Å². The molecule has 0 saturated carbocycles. The fraction of sp³-hybridized carbons (Fsp3) is 0. The van der Waals surface area contributed by atoms with Gasteiger partial charge in [-0.1, -0.05) is 36.4 Å². The normalized spacial score (nSPS) is 10.8. The Bertz CT molecular complexity index is 689. The van der Waals surface area contributed by atoms with Crippen LogP contribution >= 0.6 is 0 Å². The van der Waals surface area contributed by atoms with Crippen molar-refractivity contribution in [1.82, 2.24) is 15.1 Å². The van der Waals surface area contributed by atoms with E-state index in [2.05, 4.69) is 20.7 Å². The van der Waals surface area contributed by atoms with Gasteiger partial charge in [0.25, 0.3) is 0 Å². The highest BCUT2D eigenvalue weighted by atomic mass is 15.6. The average Bonchev–Trinajstić information content (AvgIpc) is 2.95. The molecule has 0 fully saturated rings. The molecule has 0 aliphatic carbocycles. The Balaban J connectivity index is 1.70. The molecule has 0 aliphatic rings. The second kappa shape index (κ2) is 5.79. The molecule has 0 amide bonds. The third kappa shape index (κ3) is 3.08. The lowest BCUT2D eigenvalue weighted by Crippen LogP contribution is -2.09. The Hall–Kier alpha value is -2.95. The molecule has 20 heavy (non-hydrogen) atoms. The van der Waals surface area contributed by atoms with Gasteiger partial charge in [0.05, 0.1) is 23.8 Å². The molecule has 5 heteroatoms. The lowest BCUT2D eigenvalue weighted by atomic mass is 10.3. The van der Waals surface area contributed by atoms with Gasteiger partial charge in [-0.3, -0.25) is 10.4 Å². The summed E-state index contributed by atoms with van der Waals surface area (Å²) >= 11 is 0. The van der Waals surface area contributed by atoms with Gasteiger partial charge in [-0.2, -0.15) is 4.79 Å². The first kappa shape index (κ1) is 12.1. The van der Waals surface area contributed by atoms with E-state index in [-0.39, 0.29) is 0 Å². The van der Waals surface area contributed by atoms with Gasteiger partial charge in [0.1, 0.15) is 5.69 Å². The summed E-state index contributed by atoms with van der Waals surface area (Å²) in [5.74, 6) is 0. The smallest absolute Gasteiger partial charge is 0.126 e. The number of hydrogen-bond donors (Lipinski definition) is 1. The van der Waals surface area contributed by atoms with Crippen LogP contribution in [0.1, 0.15) is 5.69 Å². The highest BCUT2D eigenvalue weighted by Crippen LogP contribution is 2.09. The minimum atomic E-state index is 0.692. The maximum Gasteiger partial charge on any atom is 0.126 e. The highest BCUT2D eigenvalue weighted by Gasteiger charge is 1.97. The van der Waals surface area contributed by atoms with Crippen LogP contribution in [0.15, 0.2) is 71.9 Å². The first-order chi connectivity index (χ1) is 9.90. The van der Waals surface area contributed by atoms with Crippen molar-refractivity contribution < 1.29 is 0 Å². The van der Waals surface area contributed by atoms with Crippen LogP contribution in [0.25, 0.3) is 0 Å². The van der Waals surface area contributed by atoms with Crippen molar-refractivity contribution in [3.05, 3.63) is 72.6 Å². The number of aromatic nitrogens is 3. The summed E-state index contributed by atoms with van der Waals surface area (Å²) in [5.41, 5.74) is 5.63. The fourth-order valence-electron chi connectivity index (χ4n) is 1.69. The van der Waals surface area contributed by atoms with Gasteiger partial charge in [-0.15, -0.1) is 5.10 Å². The molecule has 1 heterocycles. The molecule has 0 saturated heterocycles. The van der Waals surface area contributed by atoms with Gasteiger partial charge in [-0.05, 0) is 29.5 Å². The topological polar surface area (TPSA) is 55.1 Å². The second-order valence-electron chi connectivity index (χ2n) is 4.16. The van der Waals surface area contributed by atoms with Crippen LogP contribution in [0, 0.1) is 0 Å². The first-order valence-corrected chi connectivity index (χ1v) is 6.24. The fourth-order valence-corrected chi connectivity index (χ4v) is 1.69. The lowest BCUT2D eigenvalue weighted by molar-refractivity contribution is 0.744. The molecule has 1 aromatic heterocycles. The SMILES string of the molecule is C(=Nc1ccccc1)c1cn(Nc2ccccc2)nn1. The molecule has 3 rings (SSSR count). The minimum Gasteiger partial charge on any atom is -0.277 e. The quantitative estimate of drug-likeness (QED) is 0.736. The molecule has 0 unspecified atom stereocenters. The minimum absolute atomic E-state index is 0.692. The maximum absolute atomic E-state index is 4.33. The van der Waals surface area contributed by atoms with Crippen LogP contribution in [-0.2, 0) is 0 Å². The molecule has 1 N–H and O–H groups in total. The number of aliphatic imine (C=N–C) groups is 1. The number of rotatable bonds is 4. The van der Waals surface area contributed by atoms with Crippen LogP contribution in [-0.4, -0.2) is 21.3 Å². The lowest BCUT2D eigenvalue weighted by Gasteiger charge is -2.02. The van der Waals surface area contributed by atoms with Crippen LogP contribution in [0.5, 0.6) is 0 Å². The van der Waals surface area contributed by atoms with E-state index in [1.54, 1.807) is 17.2 Å². The van der Waals surface area contributed by atoms with Crippen molar-refractivity contribution in [1.29, 1.82) is 0 Å². The third-order valence-electron chi connectivity index (χ3n) is 2.63. The zero-order valence-electron chi connectivity index (χ0n) is 10.7. The van der Waals surface area contributed by atoms with E-state index in [0.29, 0.717) is 5.69 Å². The zero-order valence-corrected chi connectivity index (χ0v) is 10.7. The van der Waals surface area contributed by atoms with Crippen molar-refractivity contribution in [2.24, 2.45) is 4.99 Å². The van der Waals surface area contributed by atoms with Gasteiger partial charge in [0.2, 0.25) is 0 Å². The molecule has 3 aromatic rings. The standard InChI is InChI=1S/C15H13N5/c1-3-7-13(8-4-1)16-11-15-12-20(19-17-15)18-14-9-5-2-6-10-14/h1-12,18H. The summed E-state index contributed by atoms with van der Waals surface area (Å²) in [5, 5.41) is 8.02. The van der Waals surface area contributed by atoms with Crippen molar-refractivity contribution in [2.75, 3.05) is 5.43 Å². The van der Waals surface area contributed by atoms with Gasteiger partial charge in [0, 0.05) is 0 Å². The summed E-state index contributed by atoms with van der Waals surface area (Å²) in [6, 6.07) is 19.5. The van der Waals surface area contributed by atoms with E-state index in [1.807, 2.05) is 60.7 Å². The van der Waals surface area contributed by atoms with Gasteiger partial charge in [0.15, 0.2) is 0 Å². The molecule has 0 radical (unpaired) electrons. The van der Waals surface area contributed by atoms with Crippen molar-refractivity contribution in [3.8, 4) is 0 Å². The number of anilines is 1. The Morgan fingerprint density at radius 2 is 1.65 bits per heavy atom. The summed E-state index contributed by atoms with van der Waals surface area (Å²) < 4.78 is 0. The Kier molecular flexibility index (Phi) is 3.51. The van der Waals surface area contributed by atoms with Crippen molar-refractivity contribution in [2.45, 2.75) is 0 Å². The number of para-hydroxylation sites is 2. The molecule has 0 spiro atoms. The van der Waals surface area contributed by atoms with E-state index in [4.69, 9.17) is 0 Å². The highest BCUT2D eigenvalue weighted by molar-refractivity contribution is 5.78. The van der Waals surface area contributed by atoms with E-state index < -0.39 is 0 Å². The molecule has 98 valence electrons. The summed E-state index contributed by atoms with van der Waals surface area (Å²) in [4.78, 5) is 5.89. The van der Waals surface area contributed by atoms with E-state index in [1.165, 1.54) is 0 Å². The molecular weight excluding hydrogens is 250 g/mol. The average molecular weight is 263 g/mol. The zero-order chi connectivity index (χ0) is 13.6. The van der Waals surface area contributed by atoms with Crippen LogP contribution in [0.2, 0.25) is 0 Å². The second-order valence-corrected chi connectivity index (χ2v) is 4.16. The Morgan fingerprint density at radius 1 is 0.950 bits per heavy atom. The van der Waals surface area contributed by atoms with E-state index in [0.717, 1.165) is 11.4 Å². The van der Waals surface area contributed by atoms with Gasteiger partial charge >= 0.3 is 0 Å². The predicted molar refractivity (Wildman–Crippen MR) is 79.2 cm³/mol. The van der Waals surface area contributed by atoms with Crippen molar-refractivity contribution >= 4 is 17.6 Å². The molecule has 0 aliphatic heterocycles. The Morgan fingerprint density at radius 3 is 2.40 bits per heavy atom. The number of hydrogen-bond acceptors (Lipinski definition) is 4. The van der Waals surface area contributed by atoms with E-state index in [9.17, 15) is 0 Å². The molecule has 5 nitrogen and oxygen atoms in total. The molecular formula is C15H13N5. The molecule has 2 aromatic carbocycles. The Labute approximate surface area is 116 Å². The van der Waals surface area contributed by atoms with Gasteiger partial charge in [-0.25, -0.2) is 0 Å².